The minimum absolute atomic E-state index is 0.265. The van der Waals surface area contributed by atoms with E-state index in [1.165, 1.54) is 6.21 Å². The zero-order valence-electron chi connectivity index (χ0n) is 16.7. The molecule has 2 aromatic carbocycles. The lowest BCUT2D eigenvalue weighted by atomic mass is 10.2. The molecule has 0 radical (unpaired) electrons. The number of rotatable bonds is 9. The molecule has 9 heteroatoms. The summed E-state index contributed by atoms with van der Waals surface area (Å²) >= 11 is 1.05. The Kier molecular flexibility index (Phi) is 7.83. The molecule has 1 amide bonds. The molecule has 0 bridgehead atoms. The molecule has 0 saturated carbocycles. The highest BCUT2D eigenvalue weighted by atomic mass is 32.2. The van der Waals surface area contributed by atoms with Crippen LogP contribution in [0.15, 0.2) is 64.8 Å². The predicted molar refractivity (Wildman–Crippen MR) is 121 cm³/mol. The molecule has 1 aliphatic rings. The summed E-state index contributed by atoms with van der Waals surface area (Å²) in [6.07, 6.45) is 5.14. The number of carbonyl (C=O) groups excluding carboxylic acids is 1. The van der Waals surface area contributed by atoms with Crippen LogP contribution < -0.4 is 14.8 Å². The summed E-state index contributed by atoms with van der Waals surface area (Å²) in [5.41, 5.74) is 1.82. The van der Waals surface area contributed by atoms with E-state index in [1.807, 2.05) is 42.5 Å². The molecule has 31 heavy (non-hydrogen) atoms. The Balaban J connectivity index is 1.57. The van der Waals surface area contributed by atoms with Gasteiger partial charge in [-0.25, -0.2) is 0 Å². The summed E-state index contributed by atoms with van der Waals surface area (Å²) in [5, 5.41) is 18.8. The number of nitrogens with zero attached hydrogens (tertiary/aromatic N) is 2. The zero-order valence-corrected chi connectivity index (χ0v) is 17.5. The number of carboxylic acids is 1. The van der Waals surface area contributed by atoms with Crippen LogP contribution in [0, 0.1) is 0 Å². The Morgan fingerprint density at radius 3 is 2.74 bits per heavy atom. The molecule has 0 aromatic heterocycles. The van der Waals surface area contributed by atoms with E-state index >= 15 is 0 Å². The number of benzene rings is 2. The maximum atomic E-state index is 11.7. The Morgan fingerprint density at radius 1 is 1.19 bits per heavy atom. The molecule has 1 saturated heterocycles. The molecule has 0 aliphatic carbocycles. The first-order chi connectivity index (χ1) is 15.0. The largest absolute Gasteiger partial charge is 0.493 e. The molecule has 2 N–H and O–H groups in total. The zero-order chi connectivity index (χ0) is 22.1. The number of aliphatic carboxylic acids is 1. The van der Waals surface area contributed by atoms with Crippen LogP contribution in [-0.4, -0.2) is 47.3 Å². The van der Waals surface area contributed by atoms with Crippen molar-refractivity contribution in [3.63, 3.8) is 0 Å². The first kappa shape index (κ1) is 22.1. The molecule has 160 valence electrons. The number of methoxy groups -OCH3 is 1. The van der Waals surface area contributed by atoms with Crippen LogP contribution in [-0.2, 0) is 9.59 Å². The van der Waals surface area contributed by atoms with Gasteiger partial charge in [0.05, 0.1) is 19.7 Å². The average Bonchev–Trinajstić information content (AvgIpc) is 3.10. The highest BCUT2D eigenvalue weighted by Crippen LogP contribution is 2.28. The average molecular weight is 439 g/mol. The van der Waals surface area contributed by atoms with Crippen LogP contribution in [0.1, 0.15) is 17.5 Å². The van der Waals surface area contributed by atoms with Crippen molar-refractivity contribution in [2.75, 3.05) is 13.7 Å². The third-order valence-corrected chi connectivity index (χ3v) is 5.20. The topological polar surface area (TPSA) is 110 Å². The van der Waals surface area contributed by atoms with Gasteiger partial charge >= 0.3 is 5.97 Å². The highest BCUT2D eigenvalue weighted by molar-refractivity contribution is 8.15. The van der Waals surface area contributed by atoms with Crippen LogP contribution >= 0.6 is 11.8 Å². The third-order valence-electron chi connectivity index (χ3n) is 4.12. The van der Waals surface area contributed by atoms with Crippen LogP contribution in [0.4, 0.5) is 0 Å². The molecular weight excluding hydrogens is 418 g/mol. The summed E-state index contributed by atoms with van der Waals surface area (Å²) in [6.45, 7) is 0.390. The van der Waals surface area contributed by atoms with E-state index in [-0.39, 0.29) is 17.5 Å². The van der Waals surface area contributed by atoms with Gasteiger partial charge < -0.3 is 19.9 Å². The van der Waals surface area contributed by atoms with Gasteiger partial charge in [-0.2, -0.15) is 5.10 Å². The van der Waals surface area contributed by atoms with Crippen molar-refractivity contribution in [2.24, 2.45) is 10.2 Å². The highest BCUT2D eigenvalue weighted by Gasteiger charge is 2.32. The Labute approximate surface area is 183 Å². The van der Waals surface area contributed by atoms with E-state index < -0.39 is 11.2 Å². The van der Waals surface area contributed by atoms with Gasteiger partial charge in [-0.15, -0.1) is 5.10 Å². The van der Waals surface area contributed by atoms with Crippen molar-refractivity contribution >= 4 is 41.1 Å². The fourth-order valence-electron chi connectivity index (χ4n) is 2.66. The number of thioether (sulfide) groups is 1. The molecule has 1 atom stereocenters. The van der Waals surface area contributed by atoms with E-state index in [9.17, 15) is 9.59 Å². The lowest BCUT2D eigenvalue weighted by Crippen LogP contribution is -2.26. The van der Waals surface area contributed by atoms with E-state index in [0.717, 1.165) is 22.9 Å². The second kappa shape index (κ2) is 11.0. The predicted octanol–water partition coefficient (Wildman–Crippen LogP) is 3.18. The number of hydrogen-bond donors (Lipinski definition) is 2. The SMILES string of the molecule is COc1cc(C=NN=C2NC(=O)C(CC(=O)O)S2)ccc1OCC=Cc1ccccc1. The molecule has 3 rings (SSSR count). The van der Waals surface area contributed by atoms with Gasteiger partial charge in [-0.3, -0.25) is 9.59 Å². The van der Waals surface area contributed by atoms with Crippen LogP contribution in [0.2, 0.25) is 0 Å². The standard InChI is InChI=1S/C22H21N3O5S/c1-29-18-12-16(14-23-25-22-24-21(28)19(31-22)13-20(26)27)9-10-17(18)30-11-5-8-15-6-3-2-4-7-15/h2-10,12,14,19H,11,13H2,1H3,(H,26,27)(H,24,25,28). The van der Waals surface area contributed by atoms with Gasteiger partial charge in [0.25, 0.3) is 0 Å². The van der Waals surface area contributed by atoms with Gasteiger partial charge in [-0.1, -0.05) is 48.2 Å². The number of hydrogen-bond acceptors (Lipinski definition) is 7. The number of ether oxygens (including phenoxy) is 2. The Morgan fingerprint density at radius 2 is 2.00 bits per heavy atom. The lowest BCUT2D eigenvalue weighted by Gasteiger charge is -2.09. The third kappa shape index (κ3) is 6.71. The molecule has 2 aromatic rings. The summed E-state index contributed by atoms with van der Waals surface area (Å²) in [7, 11) is 1.55. The number of amidine groups is 1. The maximum absolute atomic E-state index is 11.7. The fourth-order valence-corrected chi connectivity index (χ4v) is 3.58. The monoisotopic (exact) mass is 439 g/mol. The molecule has 8 nitrogen and oxygen atoms in total. The Bertz CT molecular complexity index is 1020. The smallest absolute Gasteiger partial charge is 0.305 e. The van der Waals surface area contributed by atoms with Crippen molar-refractivity contribution in [1.82, 2.24) is 5.32 Å². The van der Waals surface area contributed by atoms with Crippen molar-refractivity contribution < 1.29 is 24.2 Å². The van der Waals surface area contributed by atoms with Crippen LogP contribution in [0.5, 0.6) is 11.5 Å². The number of nitrogens with one attached hydrogen (secondary N) is 1. The van der Waals surface area contributed by atoms with Gasteiger partial charge in [0, 0.05) is 0 Å². The van der Waals surface area contributed by atoms with Gasteiger partial charge in [0.15, 0.2) is 16.7 Å². The normalized spacial score (nSPS) is 17.4. The van der Waals surface area contributed by atoms with E-state index in [4.69, 9.17) is 14.6 Å². The van der Waals surface area contributed by atoms with Crippen molar-refractivity contribution in [3.8, 4) is 11.5 Å². The van der Waals surface area contributed by atoms with Crippen molar-refractivity contribution in [3.05, 3.63) is 65.7 Å². The van der Waals surface area contributed by atoms with Crippen LogP contribution in [0.3, 0.4) is 0 Å². The van der Waals surface area contributed by atoms with Crippen molar-refractivity contribution in [1.29, 1.82) is 0 Å². The number of carbonyl (C=O) groups is 2. The molecule has 1 aliphatic heterocycles. The summed E-state index contributed by atoms with van der Waals surface area (Å²) < 4.78 is 11.1. The fraction of sp³-hybridized carbons (Fsp3) is 0.182. The van der Waals surface area contributed by atoms with Gasteiger partial charge in [0.2, 0.25) is 5.91 Å². The van der Waals surface area contributed by atoms with Gasteiger partial charge in [-0.05, 0) is 35.4 Å². The summed E-state index contributed by atoms with van der Waals surface area (Å²) in [6, 6.07) is 15.3. The molecule has 1 heterocycles. The quantitative estimate of drug-likeness (QED) is 0.459. The minimum Gasteiger partial charge on any atom is -0.493 e. The first-order valence-corrected chi connectivity index (χ1v) is 10.3. The minimum atomic E-state index is -1.04. The lowest BCUT2D eigenvalue weighted by molar-refractivity contribution is -0.138. The molecule has 1 fully saturated rings. The molecule has 0 spiro atoms. The number of carboxylic acid groups (broad SMARTS) is 1. The first-order valence-electron chi connectivity index (χ1n) is 9.38. The van der Waals surface area contributed by atoms with E-state index in [0.29, 0.717) is 18.1 Å². The van der Waals surface area contributed by atoms with E-state index in [2.05, 4.69) is 15.5 Å². The molecule has 1 unspecified atom stereocenters. The van der Waals surface area contributed by atoms with E-state index in [1.54, 1.807) is 25.3 Å². The van der Waals surface area contributed by atoms with Gasteiger partial charge in [0.1, 0.15) is 11.9 Å². The second-order valence-corrected chi connectivity index (χ2v) is 7.57. The van der Waals surface area contributed by atoms with Crippen molar-refractivity contribution in [2.45, 2.75) is 11.7 Å². The molecular formula is C22H21N3O5S. The second-order valence-electron chi connectivity index (χ2n) is 6.38. The maximum Gasteiger partial charge on any atom is 0.305 e. The summed E-state index contributed by atoms with van der Waals surface area (Å²) in [4.78, 5) is 22.5. The Hall–Kier alpha value is -3.59. The number of amides is 1. The summed E-state index contributed by atoms with van der Waals surface area (Å²) in [5.74, 6) is -0.276. The van der Waals surface area contributed by atoms with Crippen LogP contribution in [0.25, 0.3) is 6.08 Å².